The summed E-state index contributed by atoms with van der Waals surface area (Å²) in [5.41, 5.74) is 2.80. The number of aromatic nitrogens is 3. The third-order valence-electron chi connectivity index (χ3n) is 5.33. The van der Waals surface area contributed by atoms with Crippen LogP contribution in [0.15, 0.2) is 30.5 Å². The molecule has 0 saturated carbocycles. The number of aryl methyl sites for hydroxylation is 2. The van der Waals surface area contributed by atoms with E-state index < -0.39 is 0 Å². The van der Waals surface area contributed by atoms with E-state index in [2.05, 4.69) is 35.1 Å². The summed E-state index contributed by atoms with van der Waals surface area (Å²) in [7, 11) is 1.80. The molecule has 29 heavy (non-hydrogen) atoms. The van der Waals surface area contributed by atoms with Crippen LogP contribution in [-0.2, 0) is 18.2 Å². The molecule has 1 fully saturated rings. The lowest BCUT2D eigenvalue weighted by Gasteiger charge is -2.27. The van der Waals surface area contributed by atoms with Gasteiger partial charge in [0.05, 0.1) is 23.4 Å². The van der Waals surface area contributed by atoms with Gasteiger partial charge in [-0.05, 0) is 36.6 Å². The summed E-state index contributed by atoms with van der Waals surface area (Å²) < 4.78 is 8.17. The molecule has 0 N–H and O–H groups in total. The van der Waals surface area contributed by atoms with Gasteiger partial charge in [-0.1, -0.05) is 24.3 Å². The Morgan fingerprint density at radius 3 is 2.83 bits per heavy atom. The number of fused-ring (bicyclic) bond motifs is 1. The summed E-state index contributed by atoms with van der Waals surface area (Å²) in [4.78, 5) is 22.3. The van der Waals surface area contributed by atoms with Gasteiger partial charge in [0.25, 0.3) is 5.91 Å². The molecule has 4 rings (SSSR count). The smallest absolute Gasteiger partial charge is 0.278 e. The second kappa shape index (κ2) is 9.02. The van der Waals surface area contributed by atoms with Crippen LogP contribution in [0.1, 0.15) is 29.4 Å². The highest BCUT2D eigenvalue weighted by Crippen LogP contribution is 2.30. The van der Waals surface area contributed by atoms with E-state index in [1.54, 1.807) is 35.3 Å². The Kier molecular flexibility index (Phi) is 6.22. The van der Waals surface area contributed by atoms with E-state index in [0.29, 0.717) is 12.2 Å². The van der Waals surface area contributed by atoms with Crippen LogP contribution in [-0.4, -0.2) is 65.0 Å². The molecule has 8 heteroatoms. The quantitative estimate of drug-likeness (QED) is 0.596. The Morgan fingerprint density at radius 1 is 1.28 bits per heavy atom. The largest absolute Gasteiger partial charge is 0.379 e. The van der Waals surface area contributed by atoms with Crippen LogP contribution in [0.25, 0.3) is 10.2 Å². The van der Waals surface area contributed by atoms with Crippen LogP contribution in [0, 0.1) is 0 Å². The third kappa shape index (κ3) is 4.49. The number of thiazole rings is 1. The standard InChI is InChI=1S/C21H27N5O2S/c1-3-16-5-6-17-19(15-16)29-21(23-17)26(20(27)18-7-8-22-24(18)2)10-4-9-25-11-13-28-14-12-25/h5-8,15H,3-4,9-14H2,1-2H3. The fraction of sp³-hybridized carbons (Fsp3) is 0.476. The Morgan fingerprint density at radius 2 is 2.10 bits per heavy atom. The second-order valence-corrected chi connectivity index (χ2v) is 8.27. The van der Waals surface area contributed by atoms with Crippen LogP contribution >= 0.6 is 11.3 Å². The summed E-state index contributed by atoms with van der Waals surface area (Å²) in [5, 5.41) is 4.91. The number of rotatable bonds is 7. The van der Waals surface area contributed by atoms with Crippen molar-refractivity contribution in [2.45, 2.75) is 19.8 Å². The van der Waals surface area contributed by atoms with Gasteiger partial charge in [0.2, 0.25) is 0 Å². The molecule has 1 aliphatic heterocycles. The average Bonchev–Trinajstić information content (AvgIpc) is 3.36. The van der Waals surface area contributed by atoms with Crippen molar-refractivity contribution >= 4 is 32.6 Å². The summed E-state index contributed by atoms with van der Waals surface area (Å²) in [6.45, 7) is 7.20. The maximum atomic E-state index is 13.3. The van der Waals surface area contributed by atoms with E-state index in [-0.39, 0.29) is 5.91 Å². The van der Waals surface area contributed by atoms with E-state index in [4.69, 9.17) is 9.72 Å². The predicted octanol–water partition coefficient (Wildman–Crippen LogP) is 2.96. The molecule has 0 radical (unpaired) electrons. The predicted molar refractivity (Wildman–Crippen MR) is 116 cm³/mol. The molecule has 1 aromatic carbocycles. The summed E-state index contributed by atoms with van der Waals surface area (Å²) in [6.07, 6.45) is 3.53. The van der Waals surface area contributed by atoms with E-state index in [1.165, 1.54) is 5.56 Å². The molecule has 3 aromatic rings. The minimum Gasteiger partial charge on any atom is -0.379 e. The number of morpholine rings is 1. The second-order valence-electron chi connectivity index (χ2n) is 7.26. The van der Waals surface area contributed by atoms with Crippen molar-refractivity contribution in [3.8, 4) is 0 Å². The molecule has 0 unspecified atom stereocenters. The number of carbonyl (C=O) groups excluding carboxylic acids is 1. The lowest BCUT2D eigenvalue weighted by atomic mass is 10.2. The van der Waals surface area contributed by atoms with E-state index in [1.807, 2.05) is 4.90 Å². The average molecular weight is 414 g/mol. The van der Waals surface area contributed by atoms with Gasteiger partial charge in [-0.3, -0.25) is 19.3 Å². The van der Waals surface area contributed by atoms with Crippen molar-refractivity contribution in [3.63, 3.8) is 0 Å². The Balaban J connectivity index is 1.57. The molecule has 0 bridgehead atoms. The van der Waals surface area contributed by atoms with Crippen molar-refractivity contribution in [1.82, 2.24) is 19.7 Å². The Labute approximate surface area is 174 Å². The number of amides is 1. The molecule has 3 heterocycles. The van der Waals surface area contributed by atoms with Gasteiger partial charge in [0.15, 0.2) is 5.13 Å². The molecule has 1 amide bonds. The maximum absolute atomic E-state index is 13.3. The maximum Gasteiger partial charge on any atom is 0.278 e. The minimum absolute atomic E-state index is 0.0539. The monoisotopic (exact) mass is 413 g/mol. The van der Waals surface area contributed by atoms with Crippen LogP contribution in [0.5, 0.6) is 0 Å². The first-order valence-corrected chi connectivity index (χ1v) is 11.0. The topological polar surface area (TPSA) is 63.5 Å². The molecule has 1 saturated heterocycles. The van der Waals surface area contributed by atoms with E-state index in [9.17, 15) is 4.79 Å². The molecule has 2 aromatic heterocycles. The van der Waals surface area contributed by atoms with Gasteiger partial charge in [-0.2, -0.15) is 5.10 Å². The number of nitrogens with zero attached hydrogens (tertiary/aromatic N) is 5. The molecular formula is C21H27N5O2S. The number of anilines is 1. The number of hydrogen-bond acceptors (Lipinski definition) is 6. The van der Waals surface area contributed by atoms with Gasteiger partial charge in [-0.25, -0.2) is 4.98 Å². The highest BCUT2D eigenvalue weighted by atomic mass is 32.1. The number of hydrogen-bond donors (Lipinski definition) is 0. The first-order valence-electron chi connectivity index (χ1n) is 10.1. The van der Waals surface area contributed by atoms with Crippen LogP contribution in [0.3, 0.4) is 0 Å². The lowest BCUT2D eigenvalue weighted by Crippen LogP contribution is -2.39. The van der Waals surface area contributed by atoms with Crippen molar-refractivity contribution in [2.75, 3.05) is 44.3 Å². The zero-order chi connectivity index (χ0) is 20.2. The molecule has 0 atom stereocenters. The minimum atomic E-state index is -0.0539. The van der Waals surface area contributed by atoms with Gasteiger partial charge < -0.3 is 4.74 Å². The summed E-state index contributed by atoms with van der Waals surface area (Å²) >= 11 is 1.58. The zero-order valence-corrected chi connectivity index (χ0v) is 17.8. The van der Waals surface area contributed by atoms with Gasteiger partial charge in [0.1, 0.15) is 5.69 Å². The Hall–Kier alpha value is -2.29. The molecule has 7 nitrogen and oxygen atoms in total. The lowest BCUT2D eigenvalue weighted by molar-refractivity contribution is 0.0376. The van der Waals surface area contributed by atoms with Crippen molar-refractivity contribution in [1.29, 1.82) is 0 Å². The van der Waals surface area contributed by atoms with E-state index >= 15 is 0 Å². The Bertz CT molecular complexity index is 977. The van der Waals surface area contributed by atoms with Crippen molar-refractivity contribution in [3.05, 3.63) is 41.7 Å². The number of carbonyl (C=O) groups is 1. The number of ether oxygens (including phenoxy) is 1. The SMILES string of the molecule is CCc1ccc2nc(N(CCCN3CCOCC3)C(=O)c3ccnn3C)sc2c1. The molecule has 1 aliphatic rings. The van der Waals surface area contributed by atoms with Crippen LogP contribution in [0.4, 0.5) is 5.13 Å². The first kappa shape index (κ1) is 20.0. The fourth-order valence-corrected chi connectivity index (χ4v) is 4.63. The first-order chi connectivity index (χ1) is 14.2. The van der Waals surface area contributed by atoms with Gasteiger partial charge >= 0.3 is 0 Å². The van der Waals surface area contributed by atoms with Crippen molar-refractivity contribution < 1.29 is 9.53 Å². The van der Waals surface area contributed by atoms with Crippen LogP contribution in [0.2, 0.25) is 0 Å². The number of benzene rings is 1. The highest BCUT2D eigenvalue weighted by molar-refractivity contribution is 7.22. The summed E-state index contributed by atoms with van der Waals surface area (Å²) in [5.74, 6) is -0.0539. The summed E-state index contributed by atoms with van der Waals surface area (Å²) in [6, 6.07) is 8.10. The molecule has 0 spiro atoms. The molecular weight excluding hydrogens is 386 g/mol. The molecule has 0 aliphatic carbocycles. The zero-order valence-electron chi connectivity index (χ0n) is 17.0. The molecule has 154 valence electrons. The normalized spacial score (nSPS) is 15.1. The van der Waals surface area contributed by atoms with Gasteiger partial charge in [-0.15, -0.1) is 0 Å². The van der Waals surface area contributed by atoms with Crippen molar-refractivity contribution in [2.24, 2.45) is 7.05 Å². The fourth-order valence-electron chi connectivity index (χ4n) is 3.58. The van der Waals surface area contributed by atoms with Gasteiger partial charge in [0, 0.05) is 39.4 Å². The third-order valence-corrected chi connectivity index (χ3v) is 6.37. The van der Waals surface area contributed by atoms with E-state index in [0.717, 1.165) is 61.0 Å². The highest BCUT2D eigenvalue weighted by Gasteiger charge is 2.24. The van der Waals surface area contributed by atoms with Crippen LogP contribution < -0.4 is 4.90 Å².